The van der Waals surface area contributed by atoms with Crippen LogP contribution in [0.3, 0.4) is 0 Å². The summed E-state index contributed by atoms with van der Waals surface area (Å²) in [5.41, 5.74) is 4.28. The summed E-state index contributed by atoms with van der Waals surface area (Å²) in [6.07, 6.45) is 6.35. The van der Waals surface area contributed by atoms with Crippen molar-refractivity contribution in [2.45, 2.75) is 17.0 Å². The lowest BCUT2D eigenvalue weighted by Crippen LogP contribution is -1.97. The summed E-state index contributed by atoms with van der Waals surface area (Å²) in [4.78, 5) is 21.1. The quantitative estimate of drug-likeness (QED) is 0.316. The zero-order chi connectivity index (χ0) is 22.7. The van der Waals surface area contributed by atoms with E-state index in [-0.39, 0.29) is 0 Å². The third-order valence-electron chi connectivity index (χ3n) is 4.89. The molecule has 0 bridgehead atoms. The number of aryl methyl sites for hydroxylation is 1. The van der Waals surface area contributed by atoms with Crippen molar-refractivity contribution in [3.05, 3.63) is 72.1 Å². The molecule has 0 radical (unpaired) electrons. The highest BCUT2D eigenvalue weighted by atomic mass is 32.2. The van der Waals surface area contributed by atoms with Gasteiger partial charge in [-0.25, -0.2) is 14.8 Å². The lowest BCUT2D eigenvalue weighted by molar-refractivity contribution is -0.131. The second-order valence-electron chi connectivity index (χ2n) is 6.94. The summed E-state index contributed by atoms with van der Waals surface area (Å²) in [6.45, 7) is 1.95. The summed E-state index contributed by atoms with van der Waals surface area (Å²) in [6, 6.07) is 13.5. The van der Waals surface area contributed by atoms with E-state index in [4.69, 9.17) is 19.6 Å². The van der Waals surface area contributed by atoms with Gasteiger partial charge in [-0.1, -0.05) is 17.8 Å². The molecule has 1 N–H and O–H groups in total. The summed E-state index contributed by atoms with van der Waals surface area (Å²) in [7, 11) is 3.21. The molecule has 2 heterocycles. The van der Waals surface area contributed by atoms with Crippen LogP contribution in [-0.2, 0) is 4.79 Å². The smallest absolute Gasteiger partial charge is 0.328 e. The normalized spacial score (nSPS) is 11.2. The molecule has 162 valence electrons. The summed E-state index contributed by atoms with van der Waals surface area (Å²) in [5.74, 6) is 0.312. The largest absolute Gasteiger partial charge is 0.493 e. The first-order chi connectivity index (χ1) is 15.5. The molecular weight excluding hydrogens is 426 g/mol. The number of carboxylic acid groups (broad SMARTS) is 1. The highest BCUT2D eigenvalue weighted by Gasteiger charge is 2.13. The van der Waals surface area contributed by atoms with Crippen LogP contribution in [0.4, 0.5) is 0 Å². The van der Waals surface area contributed by atoms with Crippen molar-refractivity contribution in [1.29, 1.82) is 0 Å². The number of fused-ring (bicyclic) bond motifs is 1. The first kappa shape index (κ1) is 21.5. The topological polar surface area (TPSA) is 86.0 Å². The Morgan fingerprint density at radius 1 is 1.09 bits per heavy atom. The molecule has 4 rings (SSSR count). The van der Waals surface area contributed by atoms with E-state index in [2.05, 4.69) is 4.98 Å². The van der Waals surface area contributed by atoms with Gasteiger partial charge >= 0.3 is 5.97 Å². The second-order valence-corrected chi connectivity index (χ2v) is 7.98. The molecule has 0 fully saturated rings. The maximum Gasteiger partial charge on any atom is 0.328 e. The third kappa shape index (κ3) is 4.45. The first-order valence-electron chi connectivity index (χ1n) is 9.74. The molecule has 2 aromatic heterocycles. The van der Waals surface area contributed by atoms with Crippen LogP contribution in [0, 0.1) is 6.92 Å². The van der Waals surface area contributed by atoms with Crippen LogP contribution >= 0.6 is 11.8 Å². The first-order valence-corrected chi connectivity index (χ1v) is 10.6. The molecule has 8 heteroatoms. The number of aromatic nitrogens is 3. The van der Waals surface area contributed by atoms with Crippen molar-refractivity contribution < 1.29 is 19.4 Å². The molecule has 0 unspecified atom stereocenters. The van der Waals surface area contributed by atoms with Gasteiger partial charge in [-0.2, -0.15) is 0 Å². The number of hydrogen-bond acceptors (Lipinski definition) is 6. The number of methoxy groups -OCH3 is 2. The van der Waals surface area contributed by atoms with E-state index in [1.54, 1.807) is 26.5 Å². The van der Waals surface area contributed by atoms with E-state index in [9.17, 15) is 4.79 Å². The monoisotopic (exact) mass is 447 g/mol. The standard InChI is InChI=1S/C24H21N3O4S/c1-15-12-18(7-4-16(15)6-9-23(28)29)32-24-26-19(14-22-25-10-11-27(22)24)17-5-8-20(30-2)21(13-17)31-3/h4-14H,1-3H3,(H,28,29)/b9-6+. The fourth-order valence-corrected chi connectivity index (χ4v) is 4.25. The van der Waals surface area contributed by atoms with Gasteiger partial charge in [0.05, 0.1) is 19.9 Å². The Balaban J connectivity index is 1.72. The van der Waals surface area contributed by atoms with Gasteiger partial charge < -0.3 is 14.6 Å². The van der Waals surface area contributed by atoms with E-state index in [1.807, 2.05) is 60.0 Å². The minimum Gasteiger partial charge on any atom is -0.493 e. The zero-order valence-electron chi connectivity index (χ0n) is 17.8. The zero-order valence-corrected chi connectivity index (χ0v) is 18.6. The number of carboxylic acids is 1. The second kappa shape index (κ2) is 9.15. The number of hydrogen-bond donors (Lipinski definition) is 1. The number of rotatable bonds is 7. The van der Waals surface area contributed by atoms with Gasteiger partial charge in [0.2, 0.25) is 0 Å². The van der Waals surface area contributed by atoms with Crippen LogP contribution in [0.2, 0.25) is 0 Å². The molecule has 7 nitrogen and oxygen atoms in total. The van der Waals surface area contributed by atoms with Crippen LogP contribution in [0.15, 0.2) is 71.0 Å². The average Bonchev–Trinajstić information content (AvgIpc) is 3.27. The maximum atomic E-state index is 10.8. The van der Waals surface area contributed by atoms with Crippen LogP contribution in [0.1, 0.15) is 11.1 Å². The van der Waals surface area contributed by atoms with Gasteiger partial charge in [0.1, 0.15) is 5.65 Å². The lowest BCUT2D eigenvalue weighted by atomic mass is 10.1. The molecular formula is C24H21N3O4S. The van der Waals surface area contributed by atoms with Crippen molar-refractivity contribution in [3.8, 4) is 22.8 Å². The Labute approximate surface area is 189 Å². The van der Waals surface area contributed by atoms with Crippen molar-refractivity contribution >= 4 is 29.5 Å². The van der Waals surface area contributed by atoms with E-state index in [0.717, 1.165) is 44.2 Å². The highest BCUT2D eigenvalue weighted by molar-refractivity contribution is 7.99. The number of imidazole rings is 1. The minimum atomic E-state index is -0.971. The molecule has 0 spiro atoms. The average molecular weight is 448 g/mol. The minimum absolute atomic E-state index is 0.629. The fraction of sp³-hybridized carbons (Fsp3) is 0.125. The van der Waals surface area contributed by atoms with Crippen molar-refractivity contribution in [3.63, 3.8) is 0 Å². The van der Waals surface area contributed by atoms with E-state index >= 15 is 0 Å². The van der Waals surface area contributed by atoms with Crippen LogP contribution in [0.25, 0.3) is 23.0 Å². The molecule has 0 aliphatic heterocycles. The van der Waals surface area contributed by atoms with Crippen molar-refractivity contribution in [2.24, 2.45) is 0 Å². The fourth-order valence-electron chi connectivity index (χ4n) is 3.28. The number of aliphatic carboxylic acids is 1. The molecule has 0 saturated carbocycles. The Hall–Kier alpha value is -3.78. The Bertz CT molecular complexity index is 1330. The Morgan fingerprint density at radius 2 is 1.91 bits per heavy atom. The van der Waals surface area contributed by atoms with E-state index < -0.39 is 5.97 Å². The SMILES string of the molecule is COc1ccc(-c2cc3nccn3c(Sc3ccc(/C=C/C(=O)O)c(C)c3)n2)cc1OC. The van der Waals surface area contributed by atoms with E-state index in [0.29, 0.717) is 11.5 Å². The predicted octanol–water partition coefficient (Wildman–Crippen LogP) is 4.97. The molecule has 0 aliphatic carbocycles. The van der Waals surface area contributed by atoms with Crippen molar-refractivity contribution in [1.82, 2.24) is 14.4 Å². The highest BCUT2D eigenvalue weighted by Crippen LogP contribution is 2.34. The predicted molar refractivity (Wildman–Crippen MR) is 123 cm³/mol. The van der Waals surface area contributed by atoms with Crippen LogP contribution in [0.5, 0.6) is 11.5 Å². The number of benzene rings is 2. The number of nitrogens with zero attached hydrogens (tertiary/aromatic N) is 3. The van der Waals surface area contributed by atoms with Crippen LogP contribution in [-0.4, -0.2) is 39.7 Å². The van der Waals surface area contributed by atoms with Gasteiger partial charge in [0.25, 0.3) is 0 Å². The van der Waals surface area contributed by atoms with Gasteiger partial charge in [-0.3, -0.25) is 4.40 Å². The molecule has 0 amide bonds. The molecule has 0 atom stereocenters. The maximum absolute atomic E-state index is 10.8. The molecule has 0 aliphatic rings. The van der Waals surface area contributed by atoms with E-state index in [1.165, 1.54) is 11.8 Å². The molecule has 32 heavy (non-hydrogen) atoms. The molecule has 0 saturated heterocycles. The van der Waals surface area contributed by atoms with Crippen LogP contribution < -0.4 is 9.47 Å². The summed E-state index contributed by atoms with van der Waals surface area (Å²) >= 11 is 1.51. The Morgan fingerprint density at radius 3 is 2.62 bits per heavy atom. The van der Waals surface area contributed by atoms with Crippen molar-refractivity contribution in [2.75, 3.05) is 14.2 Å². The van der Waals surface area contributed by atoms with Gasteiger partial charge in [0.15, 0.2) is 16.7 Å². The summed E-state index contributed by atoms with van der Waals surface area (Å²) < 4.78 is 12.7. The molecule has 2 aromatic carbocycles. The van der Waals surface area contributed by atoms with Gasteiger partial charge in [0, 0.05) is 35.0 Å². The summed E-state index contributed by atoms with van der Waals surface area (Å²) in [5, 5.41) is 9.62. The van der Waals surface area contributed by atoms with Gasteiger partial charge in [-0.15, -0.1) is 0 Å². The lowest BCUT2D eigenvalue weighted by Gasteiger charge is -2.12. The third-order valence-corrected chi connectivity index (χ3v) is 5.85. The molecule has 4 aromatic rings. The number of ether oxygens (including phenoxy) is 2. The van der Waals surface area contributed by atoms with Gasteiger partial charge in [-0.05, 0) is 54.5 Å². The number of carbonyl (C=O) groups is 1. The Kier molecular flexibility index (Phi) is 6.13.